The number of benzene rings is 1. The second-order valence-electron chi connectivity index (χ2n) is 8.36. The molecule has 3 aliphatic rings. The van der Waals surface area contributed by atoms with Gasteiger partial charge in [-0.1, -0.05) is 34.5 Å². The Balaban J connectivity index is 1.46. The van der Waals surface area contributed by atoms with Crippen LogP contribution in [0.5, 0.6) is 0 Å². The van der Waals surface area contributed by atoms with Crippen LogP contribution < -0.4 is 16.4 Å². The average molecular weight is 446 g/mol. The maximum Gasteiger partial charge on any atom is 0.228 e. The Morgan fingerprint density at radius 2 is 1.64 bits per heavy atom. The molecule has 5 nitrogen and oxygen atoms in total. The molecule has 2 bridgehead atoms. The van der Waals surface area contributed by atoms with Gasteiger partial charge in [0.25, 0.3) is 0 Å². The third kappa shape index (κ3) is 3.52. The van der Waals surface area contributed by atoms with E-state index in [9.17, 15) is 9.59 Å². The van der Waals surface area contributed by atoms with Crippen molar-refractivity contribution < 1.29 is 9.59 Å². The molecule has 0 aliphatic heterocycles. The summed E-state index contributed by atoms with van der Waals surface area (Å²) in [5.41, 5.74) is 6.45. The Morgan fingerprint density at radius 1 is 1.00 bits per heavy atom. The van der Waals surface area contributed by atoms with Crippen LogP contribution in [0.15, 0.2) is 40.9 Å². The molecule has 1 spiro atoms. The lowest BCUT2D eigenvalue weighted by Crippen LogP contribution is -2.42. The quantitative estimate of drug-likeness (QED) is 0.423. The Kier molecular flexibility index (Phi) is 5.61. The van der Waals surface area contributed by atoms with Crippen molar-refractivity contribution in [2.75, 3.05) is 18.4 Å². The summed E-state index contributed by atoms with van der Waals surface area (Å²) < 4.78 is 0.970. The third-order valence-electron chi connectivity index (χ3n) is 6.74. The number of hydrogen-bond donors (Lipinski definition) is 3. The molecule has 150 valence electrons. The van der Waals surface area contributed by atoms with E-state index in [0.717, 1.165) is 42.3 Å². The molecule has 0 heterocycles. The number of carbonyl (C=O) groups is 2. The predicted molar refractivity (Wildman–Crippen MR) is 113 cm³/mol. The van der Waals surface area contributed by atoms with Gasteiger partial charge in [-0.25, -0.2) is 0 Å². The molecule has 0 radical (unpaired) electrons. The molecule has 4 rings (SSSR count). The van der Waals surface area contributed by atoms with E-state index in [1.54, 1.807) is 0 Å². The molecule has 2 amide bonds. The second kappa shape index (κ2) is 7.99. The zero-order valence-corrected chi connectivity index (χ0v) is 17.6. The topological polar surface area (TPSA) is 84.2 Å². The van der Waals surface area contributed by atoms with E-state index in [1.807, 2.05) is 24.3 Å². The van der Waals surface area contributed by atoms with Crippen molar-refractivity contribution in [3.05, 3.63) is 40.9 Å². The van der Waals surface area contributed by atoms with Crippen LogP contribution in [-0.2, 0) is 9.59 Å². The fourth-order valence-corrected chi connectivity index (χ4v) is 5.51. The maximum atomic E-state index is 13.2. The first-order chi connectivity index (χ1) is 13.6. The molecule has 6 heteroatoms. The summed E-state index contributed by atoms with van der Waals surface area (Å²) >= 11 is 3.41. The van der Waals surface area contributed by atoms with Crippen LogP contribution in [0.2, 0.25) is 0 Å². The van der Waals surface area contributed by atoms with Crippen LogP contribution in [0.1, 0.15) is 32.1 Å². The van der Waals surface area contributed by atoms with E-state index >= 15 is 0 Å². The van der Waals surface area contributed by atoms with Gasteiger partial charge in [0.15, 0.2) is 0 Å². The normalized spacial score (nSPS) is 28.5. The summed E-state index contributed by atoms with van der Waals surface area (Å²) in [6.45, 7) is 1.34. The van der Waals surface area contributed by atoms with Gasteiger partial charge < -0.3 is 16.4 Å². The maximum absolute atomic E-state index is 13.2. The van der Waals surface area contributed by atoms with Gasteiger partial charge in [-0.2, -0.15) is 0 Å². The first kappa shape index (κ1) is 19.6. The highest BCUT2D eigenvalue weighted by molar-refractivity contribution is 9.10. The monoisotopic (exact) mass is 445 g/mol. The highest BCUT2D eigenvalue weighted by Crippen LogP contribution is 2.72. The summed E-state index contributed by atoms with van der Waals surface area (Å²) in [5.74, 6) is -0.170. The van der Waals surface area contributed by atoms with Crippen molar-refractivity contribution in [3.8, 4) is 0 Å². The second-order valence-corrected chi connectivity index (χ2v) is 9.27. The summed E-state index contributed by atoms with van der Waals surface area (Å²) in [5, 5.41) is 6.13. The Labute approximate surface area is 174 Å². The number of nitrogens with two attached hydrogens (primary N) is 1. The van der Waals surface area contributed by atoms with Gasteiger partial charge in [-0.15, -0.1) is 0 Å². The molecule has 4 atom stereocenters. The molecule has 1 aromatic carbocycles. The van der Waals surface area contributed by atoms with Crippen LogP contribution in [0, 0.1) is 29.1 Å². The molecule has 28 heavy (non-hydrogen) atoms. The predicted octanol–water partition coefficient (Wildman–Crippen LogP) is 3.46. The first-order valence-electron chi connectivity index (χ1n) is 10.3. The Morgan fingerprint density at radius 3 is 2.25 bits per heavy atom. The van der Waals surface area contributed by atoms with E-state index in [4.69, 9.17) is 5.73 Å². The highest BCUT2D eigenvalue weighted by atomic mass is 79.9. The molecule has 4 N–H and O–H groups in total. The number of hydrogen-bond acceptors (Lipinski definition) is 3. The molecule has 0 aromatic heterocycles. The van der Waals surface area contributed by atoms with Gasteiger partial charge in [-0.05, 0) is 73.7 Å². The zero-order chi connectivity index (χ0) is 19.7. The van der Waals surface area contributed by atoms with Crippen molar-refractivity contribution >= 4 is 33.4 Å². The van der Waals surface area contributed by atoms with Crippen molar-refractivity contribution in [3.63, 3.8) is 0 Å². The highest BCUT2D eigenvalue weighted by Gasteiger charge is 2.69. The largest absolute Gasteiger partial charge is 0.356 e. The molecular weight excluding hydrogens is 418 g/mol. The van der Waals surface area contributed by atoms with Gasteiger partial charge in [0.05, 0.1) is 11.8 Å². The lowest BCUT2D eigenvalue weighted by molar-refractivity contribution is -0.132. The van der Waals surface area contributed by atoms with Crippen LogP contribution in [0.4, 0.5) is 5.69 Å². The van der Waals surface area contributed by atoms with Gasteiger partial charge in [0.2, 0.25) is 11.8 Å². The Hall–Kier alpha value is -1.66. The lowest BCUT2D eigenvalue weighted by Gasteiger charge is -2.26. The van der Waals surface area contributed by atoms with Crippen LogP contribution in [0.25, 0.3) is 0 Å². The minimum Gasteiger partial charge on any atom is -0.356 e. The fraction of sp³-hybridized carbons (Fsp3) is 0.545. The minimum atomic E-state index is -0.287. The molecule has 3 aliphatic carbocycles. The fourth-order valence-electron chi connectivity index (χ4n) is 5.24. The smallest absolute Gasteiger partial charge is 0.228 e. The molecule has 2 saturated carbocycles. The zero-order valence-electron chi connectivity index (χ0n) is 16.0. The summed E-state index contributed by atoms with van der Waals surface area (Å²) in [4.78, 5) is 26.2. The lowest BCUT2D eigenvalue weighted by atomic mass is 9.81. The average Bonchev–Trinajstić information content (AvgIpc) is 3.36. The van der Waals surface area contributed by atoms with Gasteiger partial charge in [0, 0.05) is 16.7 Å². The molecule has 0 unspecified atom stereocenters. The summed E-state index contributed by atoms with van der Waals surface area (Å²) in [7, 11) is 0. The minimum absolute atomic E-state index is 0.0336. The van der Waals surface area contributed by atoms with Crippen LogP contribution >= 0.6 is 15.9 Å². The van der Waals surface area contributed by atoms with E-state index < -0.39 is 0 Å². The molecule has 2 fully saturated rings. The number of amides is 2. The third-order valence-corrected chi connectivity index (χ3v) is 7.27. The summed E-state index contributed by atoms with van der Waals surface area (Å²) in [6, 6.07) is 7.57. The summed E-state index contributed by atoms with van der Waals surface area (Å²) in [6.07, 6.45) is 9.56. The Bertz CT molecular complexity index is 772. The number of halogens is 1. The number of rotatable bonds is 8. The number of allylic oxidation sites excluding steroid dienone is 2. The SMILES string of the molecule is NCCCCCNC(=O)[C@H]1[C@H](C(=O)Nc2ccc(Br)cc2)[C@H]2C=C[C@H]1C21CC1. The molecular formula is C22H28BrN3O2. The van der Waals surface area contributed by atoms with Gasteiger partial charge in [-0.3, -0.25) is 9.59 Å². The van der Waals surface area contributed by atoms with Crippen LogP contribution in [0.3, 0.4) is 0 Å². The van der Waals surface area contributed by atoms with E-state index in [-0.39, 0.29) is 40.9 Å². The van der Waals surface area contributed by atoms with E-state index in [0.29, 0.717) is 13.1 Å². The van der Waals surface area contributed by atoms with Crippen molar-refractivity contribution in [1.82, 2.24) is 5.32 Å². The standard InChI is InChI=1S/C22H28BrN3O2/c23-14-4-6-15(7-5-14)26-21(28)19-17-9-8-16(22(17)10-11-22)18(19)20(27)25-13-3-1-2-12-24/h4-9,16-19H,1-3,10-13,24H2,(H,25,27)(H,26,28)/t16-,17-,18-,19-/m1/s1. The number of anilines is 1. The molecule has 0 saturated heterocycles. The van der Waals surface area contributed by atoms with Gasteiger partial charge in [0.1, 0.15) is 0 Å². The van der Waals surface area contributed by atoms with Gasteiger partial charge >= 0.3 is 0 Å². The number of unbranched alkanes of at least 4 members (excludes halogenated alkanes) is 2. The first-order valence-corrected chi connectivity index (χ1v) is 11.1. The van der Waals surface area contributed by atoms with Crippen molar-refractivity contribution in [1.29, 1.82) is 0 Å². The van der Waals surface area contributed by atoms with E-state index in [2.05, 4.69) is 38.7 Å². The number of carbonyl (C=O) groups excluding carboxylic acids is 2. The van der Waals surface area contributed by atoms with Crippen molar-refractivity contribution in [2.24, 2.45) is 34.8 Å². The van der Waals surface area contributed by atoms with Crippen LogP contribution in [-0.4, -0.2) is 24.9 Å². The van der Waals surface area contributed by atoms with Crippen molar-refractivity contribution in [2.45, 2.75) is 32.1 Å². The van der Waals surface area contributed by atoms with E-state index in [1.165, 1.54) is 0 Å². The molecule has 1 aromatic rings. The number of nitrogens with one attached hydrogen (secondary N) is 2.